The summed E-state index contributed by atoms with van der Waals surface area (Å²) < 4.78 is 6.93. The smallest absolute Gasteiger partial charge is 0.273 e. The van der Waals surface area contributed by atoms with E-state index in [0.29, 0.717) is 18.1 Å². The van der Waals surface area contributed by atoms with Crippen LogP contribution < -0.4 is 5.32 Å². The first-order valence-electron chi connectivity index (χ1n) is 5.42. The predicted octanol–water partition coefficient (Wildman–Crippen LogP) is 1.000. The van der Waals surface area contributed by atoms with Crippen molar-refractivity contribution in [2.75, 3.05) is 6.54 Å². The van der Waals surface area contributed by atoms with E-state index in [1.54, 1.807) is 19.4 Å². The van der Waals surface area contributed by atoms with Gasteiger partial charge >= 0.3 is 0 Å². The first kappa shape index (κ1) is 11.4. The van der Waals surface area contributed by atoms with Gasteiger partial charge in [0, 0.05) is 32.4 Å². The third-order valence-electron chi connectivity index (χ3n) is 2.29. The molecule has 1 N–H and O–H groups in total. The van der Waals surface area contributed by atoms with E-state index in [-0.39, 0.29) is 5.91 Å². The molecular weight excluding hydrogens is 220 g/mol. The Kier molecular flexibility index (Phi) is 3.54. The summed E-state index contributed by atoms with van der Waals surface area (Å²) in [6, 6.07) is 0. The lowest BCUT2D eigenvalue weighted by molar-refractivity contribution is 0.0947. The Bertz CT molecular complexity index is 475. The largest absolute Gasteiger partial charge is 0.448 e. The fraction of sp³-hybridized carbons (Fsp3) is 0.364. The van der Waals surface area contributed by atoms with Gasteiger partial charge in [0.05, 0.1) is 6.33 Å². The van der Waals surface area contributed by atoms with Gasteiger partial charge in [0.25, 0.3) is 5.91 Å². The number of imidazole rings is 1. The highest BCUT2D eigenvalue weighted by Crippen LogP contribution is 1.99. The Labute approximate surface area is 98.7 Å². The number of carbonyl (C=O) groups excluding carboxylic acids is 1. The fourth-order valence-electron chi connectivity index (χ4n) is 1.44. The summed E-state index contributed by atoms with van der Waals surface area (Å²) in [4.78, 5) is 19.5. The monoisotopic (exact) mass is 234 g/mol. The number of oxazole rings is 1. The van der Waals surface area contributed by atoms with Crippen molar-refractivity contribution >= 4 is 5.91 Å². The molecule has 0 saturated carbocycles. The molecule has 2 aromatic heterocycles. The molecule has 0 radical (unpaired) electrons. The van der Waals surface area contributed by atoms with Crippen molar-refractivity contribution in [2.45, 2.75) is 19.9 Å². The Morgan fingerprint density at radius 3 is 3.12 bits per heavy atom. The maximum Gasteiger partial charge on any atom is 0.273 e. The average molecular weight is 234 g/mol. The number of aromatic nitrogens is 3. The minimum Gasteiger partial charge on any atom is -0.448 e. The van der Waals surface area contributed by atoms with Gasteiger partial charge < -0.3 is 14.3 Å². The normalized spacial score (nSPS) is 10.4. The topological polar surface area (TPSA) is 73.0 Å². The van der Waals surface area contributed by atoms with Gasteiger partial charge in [0.2, 0.25) is 0 Å². The fourth-order valence-corrected chi connectivity index (χ4v) is 1.44. The molecule has 0 aliphatic rings. The molecule has 0 saturated heterocycles. The van der Waals surface area contributed by atoms with E-state index in [1.165, 1.54) is 6.26 Å². The molecular formula is C11H14N4O2. The van der Waals surface area contributed by atoms with Crippen LogP contribution in [0.25, 0.3) is 0 Å². The zero-order chi connectivity index (χ0) is 12.1. The van der Waals surface area contributed by atoms with Crippen LogP contribution in [0, 0.1) is 6.92 Å². The zero-order valence-electron chi connectivity index (χ0n) is 9.59. The van der Waals surface area contributed by atoms with Gasteiger partial charge in [-0.3, -0.25) is 4.79 Å². The van der Waals surface area contributed by atoms with Crippen LogP contribution in [0.5, 0.6) is 0 Å². The van der Waals surface area contributed by atoms with Gasteiger partial charge in [0.1, 0.15) is 6.26 Å². The molecule has 17 heavy (non-hydrogen) atoms. The molecule has 2 rings (SSSR count). The second-order valence-corrected chi connectivity index (χ2v) is 3.66. The summed E-state index contributed by atoms with van der Waals surface area (Å²) >= 11 is 0. The number of aryl methyl sites for hydroxylation is 2. The molecule has 0 bridgehead atoms. The zero-order valence-corrected chi connectivity index (χ0v) is 9.59. The summed E-state index contributed by atoms with van der Waals surface area (Å²) in [6.45, 7) is 3.14. The number of amides is 1. The summed E-state index contributed by atoms with van der Waals surface area (Å²) in [5.41, 5.74) is 0.324. The molecule has 6 heteroatoms. The van der Waals surface area contributed by atoms with Crippen molar-refractivity contribution in [1.29, 1.82) is 0 Å². The third-order valence-corrected chi connectivity index (χ3v) is 2.29. The molecule has 6 nitrogen and oxygen atoms in total. The van der Waals surface area contributed by atoms with Crippen LogP contribution in [-0.4, -0.2) is 27.0 Å². The van der Waals surface area contributed by atoms with E-state index < -0.39 is 0 Å². The summed E-state index contributed by atoms with van der Waals surface area (Å²) in [5.74, 6) is 0.293. The van der Waals surface area contributed by atoms with Gasteiger partial charge in [-0.25, -0.2) is 9.97 Å². The minimum atomic E-state index is -0.201. The Morgan fingerprint density at radius 2 is 2.47 bits per heavy atom. The van der Waals surface area contributed by atoms with Gasteiger partial charge in [-0.15, -0.1) is 0 Å². The molecule has 2 aromatic rings. The third kappa shape index (κ3) is 3.17. The molecule has 1 amide bonds. The number of nitrogens with zero attached hydrogens (tertiary/aromatic N) is 3. The number of carbonyl (C=O) groups is 1. The highest BCUT2D eigenvalue weighted by Gasteiger charge is 2.08. The van der Waals surface area contributed by atoms with E-state index in [9.17, 15) is 4.79 Å². The minimum absolute atomic E-state index is 0.201. The molecule has 0 unspecified atom stereocenters. The maximum absolute atomic E-state index is 11.6. The van der Waals surface area contributed by atoms with Gasteiger partial charge in [-0.1, -0.05) is 0 Å². The Hall–Kier alpha value is -2.11. The van der Waals surface area contributed by atoms with Crippen LogP contribution in [-0.2, 0) is 6.54 Å². The molecule has 0 aliphatic heterocycles. The Morgan fingerprint density at radius 1 is 1.59 bits per heavy atom. The van der Waals surface area contributed by atoms with Crippen LogP contribution in [0.4, 0.5) is 0 Å². The lowest BCUT2D eigenvalue weighted by atomic mass is 10.4. The van der Waals surface area contributed by atoms with E-state index >= 15 is 0 Å². The van der Waals surface area contributed by atoms with E-state index in [2.05, 4.69) is 15.3 Å². The van der Waals surface area contributed by atoms with Crippen molar-refractivity contribution in [3.63, 3.8) is 0 Å². The van der Waals surface area contributed by atoms with Crippen LogP contribution in [0.3, 0.4) is 0 Å². The SMILES string of the molecule is Cc1nc(C(=O)NCCCn2ccnc2)co1. The summed E-state index contributed by atoms with van der Waals surface area (Å²) in [5, 5.41) is 2.78. The molecule has 0 atom stereocenters. The van der Waals surface area contributed by atoms with Gasteiger partial charge in [-0.05, 0) is 6.42 Å². The average Bonchev–Trinajstić information content (AvgIpc) is 2.95. The van der Waals surface area contributed by atoms with Crippen LogP contribution in [0.1, 0.15) is 22.8 Å². The number of hydrogen-bond donors (Lipinski definition) is 1. The predicted molar refractivity (Wildman–Crippen MR) is 60.4 cm³/mol. The maximum atomic E-state index is 11.6. The number of nitrogens with one attached hydrogen (secondary N) is 1. The van der Waals surface area contributed by atoms with E-state index in [4.69, 9.17) is 4.42 Å². The van der Waals surface area contributed by atoms with Crippen molar-refractivity contribution in [3.05, 3.63) is 36.6 Å². The molecule has 2 heterocycles. The van der Waals surface area contributed by atoms with E-state index in [0.717, 1.165) is 13.0 Å². The second kappa shape index (κ2) is 5.29. The highest BCUT2D eigenvalue weighted by molar-refractivity contribution is 5.91. The van der Waals surface area contributed by atoms with Crippen LogP contribution >= 0.6 is 0 Å². The van der Waals surface area contributed by atoms with Crippen LogP contribution in [0.2, 0.25) is 0 Å². The molecule has 0 aliphatic carbocycles. The van der Waals surface area contributed by atoms with Crippen molar-refractivity contribution in [3.8, 4) is 0 Å². The lowest BCUT2D eigenvalue weighted by Gasteiger charge is -2.03. The lowest BCUT2D eigenvalue weighted by Crippen LogP contribution is -2.25. The van der Waals surface area contributed by atoms with Gasteiger partial charge in [0.15, 0.2) is 11.6 Å². The first-order chi connectivity index (χ1) is 8.25. The van der Waals surface area contributed by atoms with Crippen molar-refractivity contribution in [1.82, 2.24) is 19.9 Å². The molecule has 0 spiro atoms. The standard InChI is InChI=1S/C11H14N4O2/c1-9-14-10(7-17-9)11(16)13-3-2-5-15-6-4-12-8-15/h4,6-8H,2-3,5H2,1H3,(H,13,16). The molecule has 0 fully saturated rings. The molecule has 0 aromatic carbocycles. The van der Waals surface area contributed by atoms with Gasteiger partial charge in [-0.2, -0.15) is 0 Å². The van der Waals surface area contributed by atoms with Crippen LogP contribution in [0.15, 0.2) is 29.4 Å². The highest BCUT2D eigenvalue weighted by atomic mass is 16.3. The second-order valence-electron chi connectivity index (χ2n) is 3.66. The first-order valence-corrected chi connectivity index (χ1v) is 5.42. The number of hydrogen-bond acceptors (Lipinski definition) is 4. The van der Waals surface area contributed by atoms with Crippen molar-refractivity contribution < 1.29 is 9.21 Å². The van der Waals surface area contributed by atoms with E-state index in [1.807, 2.05) is 10.8 Å². The number of rotatable bonds is 5. The molecule has 90 valence electrons. The van der Waals surface area contributed by atoms with Crippen molar-refractivity contribution in [2.24, 2.45) is 0 Å². The summed E-state index contributed by atoms with van der Waals surface area (Å²) in [6.07, 6.45) is 7.59. The quantitative estimate of drug-likeness (QED) is 0.783. The summed E-state index contributed by atoms with van der Waals surface area (Å²) in [7, 11) is 0. The Balaban J connectivity index is 1.70.